The predicted molar refractivity (Wildman–Crippen MR) is 119 cm³/mol. The molecule has 0 saturated carbocycles. The Labute approximate surface area is 182 Å². The van der Waals surface area contributed by atoms with E-state index < -0.39 is 17.8 Å². The maximum Gasteiger partial charge on any atom is 0.315 e. The van der Waals surface area contributed by atoms with Gasteiger partial charge in [0.1, 0.15) is 11.7 Å². The standard InChI is InChI=1S/C26H27NO4/c1-15(2)31-26(30)23-16(3)27-21-13-19(17-8-5-4-6-9-17)14-22(29)25(21)24(23)18-10-7-11-20(28)12-18/h4-12,15,19,23-24,28H,13-14H2,1-3H3/t19-,23?,24+/m1/s1. The van der Waals surface area contributed by atoms with Crippen LogP contribution in [0, 0.1) is 5.92 Å². The van der Waals surface area contributed by atoms with E-state index in [1.54, 1.807) is 32.0 Å². The van der Waals surface area contributed by atoms with Gasteiger partial charge in [0.05, 0.1) is 6.10 Å². The summed E-state index contributed by atoms with van der Waals surface area (Å²) < 4.78 is 5.53. The maximum absolute atomic E-state index is 13.4. The van der Waals surface area contributed by atoms with E-state index in [0.717, 1.165) is 16.8 Å². The molecule has 5 nitrogen and oxygen atoms in total. The molecule has 0 radical (unpaired) electrons. The Bertz CT molecular complexity index is 1070. The van der Waals surface area contributed by atoms with Crippen LogP contribution in [0.5, 0.6) is 5.75 Å². The van der Waals surface area contributed by atoms with Crippen LogP contribution in [0.2, 0.25) is 0 Å². The van der Waals surface area contributed by atoms with Gasteiger partial charge in [0.2, 0.25) is 0 Å². The lowest BCUT2D eigenvalue weighted by atomic mass is 9.69. The zero-order valence-corrected chi connectivity index (χ0v) is 18.0. The number of phenolic OH excluding ortho intramolecular Hbond substituents is 1. The molecule has 31 heavy (non-hydrogen) atoms. The lowest BCUT2D eigenvalue weighted by Crippen LogP contribution is -2.38. The molecular weight excluding hydrogens is 390 g/mol. The highest BCUT2D eigenvalue weighted by Gasteiger charge is 2.45. The second-order valence-corrected chi connectivity index (χ2v) is 8.59. The molecule has 0 saturated heterocycles. The highest BCUT2D eigenvalue weighted by molar-refractivity contribution is 6.09. The number of phenols is 1. The van der Waals surface area contributed by atoms with Crippen LogP contribution in [0.15, 0.2) is 70.9 Å². The molecule has 0 amide bonds. The van der Waals surface area contributed by atoms with E-state index in [0.29, 0.717) is 24.1 Å². The minimum absolute atomic E-state index is 0.00189. The monoisotopic (exact) mass is 417 g/mol. The Hall–Kier alpha value is -3.21. The Morgan fingerprint density at radius 2 is 1.77 bits per heavy atom. The Balaban J connectivity index is 1.80. The number of hydrogen-bond donors (Lipinski definition) is 1. The van der Waals surface area contributed by atoms with Crippen LogP contribution < -0.4 is 0 Å². The third-order valence-corrected chi connectivity index (χ3v) is 5.99. The normalized spacial score (nSPS) is 23.4. The molecule has 1 unspecified atom stereocenters. The summed E-state index contributed by atoms with van der Waals surface area (Å²) in [4.78, 5) is 31.2. The average molecular weight is 418 g/mol. The van der Waals surface area contributed by atoms with Gasteiger partial charge < -0.3 is 9.84 Å². The molecule has 2 aromatic rings. The van der Waals surface area contributed by atoms with Gasteiger partial charge in [-0.05, 0) is 56.4 Å². The summed E-state index contributed by atoms with van der Waals surface area (Å²) in [6, 6.07) is 16.8. The zero-order valence-electron chi connectivity index (χ0n) is 18.0. The maximum atomic E-state index is 13.4. The SMILES string of the molecule is CC1=NC2=C(C(=O)C[C@H](c3ccccc3)C2)[C@@H](c2cccc(O)c2)C1C(=O)OC(C)C. The van der Waals surface area contributed by atoms with Crippen molar-refractivity contribution in [3.8, 4) is 5.75 Å². The number of carbonyl (C=O) groups is 2. The van der Waals surface area contributed by atoms with Crippen molar-refractivity contribution in [3.05, 3.63) is 77.0 Å². The largest absolute Gasteiger partial charge is 0.508 e. The van der Waals surface area contributed by atoms with Crippen molar-refractivity contribution in [2.45, 2.75) is 51.6 Å². The van der Waals surface area contributed by atoms with Crippen LogP contribution in [-0.4, -0.2) is 28.7 Å². The van der Waals surface area contributed by atoms with Gasteiger partial charge in [-0.25, -0.2) is 0 Å². The molecule has 1 aliphatic carbocycles. The van der Waals surface area contributed by atoms with Gasteiger partial charge in [-0.3, -0.25) is 14.6 Å². The van der Waals surface area contributed by atoms with Crippen molar-refractivity contribution >= 4 is 17.5 Å². The number of esters is 1. The number of Topliss-reactive ketones (excluding diaryl/α,β-unsaturated/α-hetero) is 1. The third kappa shape index (κ3) is 4.18. The summed E-state index contributed by atoms with van der Waals surface area (Å²) in [7, 11) is 0. The molecule has 1 heterocycles. The lowest BCUT2D eigenvalue weighted by Gasteiger charge is -2.36. The first-order chi connectivity index (χ1) is 14.8. The second-order valence-electron chi connectivity index (χ2n) is 8.59. The number of rotatable bonds is 4. The first kappa shape index (κ1) is 21.0. The molecular formula is C26H27NO4. The van der Waals surface area contributed by atoms with E-state index in [2.05, 4.69) is 0 Å². The first-order valence-corrected chi connectivity index (χ1v) is 10.7. The van der Waals surface area contributed by atoms with Crippen molar-refractivity contribution in [1.29, 1.82) is 0 Å². The highest BCUT2D eigenvalue weighted by Crippen LogP contribution is 2.47. The number of ketones is 1. The van der Waals surface area contributed by atoms with Crippen LogP contribution in [0.4, 0.5) is 0 Å². The van der Waals surface area contributed by atoms with Gasteiger partial charge in [0, 0.05) is 29.3 Å². The predicted octanol–water partition coefficient (Wildman–Crippen LogP) is 4.92. The summed E-state index contributed by atoms with van der Waals surface area (Å²) in [5, 5.41) is 10.1. The van der Waals surface area contributed by atoms with Crippen molar-refractivity contribution in [2.24, 2.45) is 10.9 Å². The Morgan fingerprint density at radius 1 is 1.06 bits per heavy atom. The van der Waals surface area contributed by atoms with Crippen molar-refractivity contribution < 1.29 is 19.4 Å². The van der Waals surface area contributed by atoms with E-state index in [1.165, 1.54) is 0 Å². The fourth-order valence-corrected chi connectivity index (χ4v) is 4.71. The Morgan fingerprint density at radius 3 is 2.45 bits per heavy atom. The molecule has 0 fully saturated rings. The van der Waals surface area contributed by atoms with E-state index in [1.807, 2.05) is 43.3 Å². The van der Waals surface area contributed by atoms with Gasteiger partial charge in [-0.2, -0.15) is 0 Å². The summed E-state index contributed by atoms with van der Waals surface area (Å²) in [5.41, 5.74) is 3.79. The lowest BCUT2D eigenvalue weighted by molar-refractivity contribution is -0.150. The molecule has 1 aliphatic heterocycles. The number of hydrogen-bond acceptors (Lipinski definition) is 5. The van der Waals surface area contributed by atoms with Crippen molar-refractivity contribution in [1.82, 2.24) is 0 Å². The molecule has 1 N–H and O–H groups in total. The van der Waals surface area contributed by atoms with Crippen LogP contribution >= 0.6 is 0 Å². The number of benzene rings is 2. The van der Waals surface area contributed by atoms with Crippen LogP contribution in [0.1, 0.15) is 56.6 Å². The molecule has 4 rings (SSSR count). The van der Waals surface area contributed by atoms with E-state index in [4.69, 9.17) is 9.73 Å². The summed E-state index contributed by atoms with van der Waals surface area (Å²) in [6.45, 7) is 5.43. The molecule has 0 spiro atoms. The van der Waals surface area contributed by atoms with Gasteiger partial charge in [-0.1, -0.05) is 42.5 Å². The first-order valence-electron chi connectivity index (χ1n) is 10.7. The van der Waals surface area contributed by atoms with E-state index >= 15 is 0 Å². The average Bonchev–Trinajstić information content (AvgIpc) is 2.72. The summed E-state index contributed by atoms with van der Waals surface area (Å²) >= 11 is 0. The molecule has 160 valence electrons. The van der Waals surface area contributed by atoms with Crippen molar-refractivity contribution in [2.75, 3.05) is 0 Å². The summed E-state index contributed by atoms with van der Waals surface area (Å²) in [6.07, 6.45) is 0.743. The number of aliphatic imine (C=N–C) groups is 1. The molecule has 3 atom stereocenters. The molecule has 5 heteroatoms. The highest BCUT2D eigenvalue weighted by atomic mass is 16.5. The minimum atomic E-state index is -0.694. The quantitative estimate of drug-likeness (QED) is 0.717. The van der Waals surface area contributed by atoms with Gasteiger partial charge in [-0.15, -0.1) is 0 Å². The van der Waals surface area contributed by atoms with Crippen LogP contribution in [0.25, 0.3) is 0 Å². The molecule has 2 aromatic carbocycles. The topological polar surface area (TPSA) is 76.0 Å². The Kier molecular flexibility index (Phi) is 5.77. The molecule has 2 aliphatic rings. The van der Waals surface area contributed by atoms with Crippen molar-refractivity contribution in [3.63, 3.8) is 0 Å². The van der Waals surface area contributed by atoms with Crippen LogP contribution in [0.3, 0.4) is 0 Å². The molecule has 0 bridgehead atoms. The molecule has 0 aromatic heterocycles. The zero-order chi connectivity index (χ0) is 22.1. The fourth-order valence-electron chi connectivity index (χ4n) is 4.71. The number of carbonyl (C=O) groups excluding carboxylic acids is 2. The van der Waals surface area contributed by atoms with Gasteiger partial charge in [0.25, 0.3) is 0 Å². The number of nitrogens with zero attached hydrogens (tertiary/aromatic N) is 1. The smallest absolute Gasteiger partial charge is 0.315 e. The number of aromatic hydroxyl groups is 1. The second kappa shape index (κ2) is 8.50. The van der Waals surface area contributed by atoms with Crippen LogP contribution in [-0.2, 0) is 14.3 Å². The summed E-state index contributed by atoms with van der Waals surface area (Å²) in [5.74, 6) is -1.44. The minimum Gasteiger partial charge on any atom is -0.508 e. The van der Waals surface area contributed by atoms with Gasteiger partial charge in [0.15, 0.2) is 5.78 Å². The third-order valence-electron chi connectivity index (χ3n) is 5.99. The van der Waals surface area contributed by atoms with Gasteiger partial charge >= 0.3 is 5.97 Å². The van der Waals surface area contributed by atoms with E-state index in [-0.39, 0.29) is 23.6 Å². The number of allylic oxidation sites excluding steroid dienone is 2. The fraction of sp³-hybridized carbons (Fsp3) is 0.346. The number of ether oxygens (including phenoxy) is 1. The van der Waals surface area contributed by atoms with E-state index in [9.17, 15) is 14.7 Å².